The van der Waals surface area contributed by atoms with E-state index in [1.807, 2.05) is 6.07 Å². The predicted molar refractivity (Wildman–Crippen MR) is 93.6 cm³/mol. The Hall–Kier alpha value is -2.28. The number of nitrogens with one attached hydrogen (secondary N) is 1. The molecule has 2 aromatic carbocycles. The van der Waals surface area contributed by atoms with Gasteiger partial charge in [0.05, 0.1) is 29.2 Å². The highest BCUT2D eigenvalue weighted by molar-refractivity contribution is 5.81. The highest BCUT2D eigenvalue weighted by Gasteiger charge is 2.31. The molecule has 1 aliphatic heterocycles. The quantitative estimate of drug-likeness (QED) is 0.757. The van der Waals surface area contributed by atoms with Crippen molar-refractivity contribution in [3.05, 3.63) is 47.8 Å². The Morgan fingerprint density at radius 3 is 2.46 bits per heavy atom. The van der Waals surface area contributed by atoms with Crippen molar-refractivity contribution < 1.29 is 22.7 Å². The minimum absolute atomic E-state index is 0.123. The van der Waals surface area contributed by atoms with E-state index in [0.29, 0.717) is 31.3 Å². The summed E-state index contributed by atoms with van der Waals surface area (Å²) in [6.07, 6.45) is -3.98. The fourth-order valence-electron chi connectivity index (χ4n) is 2.92. The second kappa shape index (κ2) is 6.46. The molecule has 0 saturated carbocycles. The van der Waals surface area contributed by atoms with Crippen LogP contribution in [0.2, 0.25) is 0 Å². The van der Waals surface area contributed by atoms with Crippen LogP contribution in [0.25, 0.3) is 11.1 Å². The van der Waals surface area contributed by atoms with Crippen molar-refractivity contribution in [1.29, 1.82) is 0 Å². The molecule has 0 aromatic heterocycles. The molecule has 0 aliphatic carbocycles. The monoisotopic (exact) mass is 368 g/mol. The minimum Gasteiger partial charge on any atom is -0.390 e. The Morgan fingerprint density at radius 1 is 1.12 bits per heavy atom. The lowest BCUT2D eigenvalue weighted by molar-refractivity contribution is -0.137. The van der Waals surface area contributed by atoms with Crippen LogP contribution in [-0.4, -0.2) is 23.9 Å². The van der Waals surface area contributed by atoms with Gasteiger partial charge in [0.15, 0.2) is 0 Å². The second-order valence-electron chi connectivity index (χ2n) is 7.09. The summed E-state index contributed by atoms with van der Waals surface area (Å²) in [5, 5.41) is 13.1. The number of nitrogens with zero attached hydrogens (tertiary/aromatic N) is 1. The first-order valence-electron chi connectivity index (χ1n) is 8.27. The van der Waals surface area contributed by atoms with Crippen LogP contribution in [0.15, 0.2) is 36.4 Å². The summed E-state index contributed by atoms with van der Waals surface area (Å²) in [4.78, 5) is 2.06. The van der Waals surface area contributed by atoms with Gasteiger partial charge in [0.25, 0.3) is 0 Å². The summed E-state index contributed by atoms with van der Waals surface area (Å²) in [6, 6.07) is 7.78. The third-order valence-electron chi connectivity index (χ3n) is 4.40. The largest absolute Gasteiger partial charge is 0.416 e. The van der Waals surface area contributed by atoms with Gasteiger partial charge in [-0.1, -0.05) is 12.1 Å². The molecule has 3 rings (SSSR count). The number of alkyl halides is 3. The molecule has 140 valence electrons. The Kier molecular flexibility index (Phi) is 4.60. The maximum absolute atomic E-state index is 14.2. The molecule has 1 aliphatic rings. The normalized spacial score (nSPS) is 14.3. The van der Waals surface area contributed by atoms with Gasteiger partial charge in [-0.15, -0.1) is 0 Å². The van der Waals surface area contributed by atoms with E-state index in [9.17, 15) is 22.7 Å². The van der Waals surface area contributed by atoms with Gasteiger partial charge in [0.2, 0.25) is 0 Å². The number of fused-ring (bicyclic) bond motifs is 1. The Morgan fingerprint density at radius 2 is 1.85 bits per heavy atom. The summed E-state index contributed by atoms with van der Waals surface area (Å²) in [6.45, 7) is 4.70. The minimum atomic E-state index is -4.57. The zero-order valence-corrected chi connectivity index (χ0v) is 14.5. The molecular weight excluding hydrogens is 348 g/mol. The van der Waals surface area contributed by atoms with Gasteiger partial charge in [-0.05, 0) is 50.1 Å². The number of rotatable bonds is 4. The van der Waals surface area contributed by atoms with Gasteiger partial charge in [0.1, 0.15) is 5.82 Å². The molecule has 0 unspecified atom stereocenters. The maximum Gasteiger partial charge on any atom is 0.416 e. The zero-order valence-electron chi connectivity index (χ0n) is 14.5. The van der Waals surface area contributed by atoms with Crippen LogP contribution in [-0.2, 0) is 6.18 Å². The van der Waals surface area contributed by atoms with Crippen molar-refractivity contribution >= 4 is 11.4 Å². The molecule has 3 nitrogen and oxygen atoms in total. The number of halogens is 4. The number of hydrogen-bond donors (Lipinski definition) is 2. The molecule has 0 spiro atoms. The number of benzene rings is 2. The first kappa shape index (κ1) is 18.5. The molecule has 2 aromatic rings. The lowest BCUT2D eigenvalue weighted by atomic mass is 10.0. The molecule has 7 heteroatoms. The molecule has 26 heavy (non-hydrogen) atoms. The molecule has 2 N–H and O–H groups in total. The fourth-order valence-corrected chi connectivity index (χ4v) is 2.92. The Labute approximate surface area is 149 Å². The average molecular weight is 368 g/mol. The predicted octanol–water partition coefficient (Wildman–Crippen LogP) is 4.86. The van der Waals surface area contributed by atoms with Gasteiger partial charge in [0, 0.05) is 12.1 Å². The topological polar surface area (TPSA) is 35.5 Å². The van der Waals surface area contributed by atoms with E-state index >= 15 is 0 Å². The number of hydrogen-bond acceptors (Lipinski definition) is 3. The SMILES string of the molecule is CC(C)(O)CCN1CNc2cc(-c3ccc(C(F)(F)F)cc3F)ccc21. The Bertz CT molecular complexity index is 812. The van der Waals surface area contributed by atoms with E-state index in [0.717, 1.165) is 23.5 Å². The first-order valence-corrected chi connectivity index (χ1v) is 8.27. The van der Waals surface area contributed by atoms with Crippen LogP contribution in [0.1, 0.15) is 25.8 Å². The number of anilines is 2. The van der Waals surface area contributed by atoms with Gasteiger partial charge in [-0.3, -0.25) is 0 Å². The van der Waals surface area contributed by atoms with E-state index in [2.05, 4.69) is 10.2 Å². The van der Waals surface area contributed by atoms with E-state index in [1.54, 1.807) is 26.0 Å². The van der Waals surface area contributed by atoms with E-state index in [1.165, 1.54) is 0 Å². The van der Waals surface area contributed by atoms with Crippen LogP contribution in [0.4, 0.5) is 28.9 Å². The molecule has 0 amide bonds. The van der Waals surface area contributed by atoms with Crippen molar-refractivity contribution in [2.75, 3.05) is 23.4 Å². The van der Waals surface area contributed by atoms with Gasteiger partial charge in [-0.2, -0.15) is 13.2 Å². The van der Waals surface area contributed by atoms with Gasteiger partial charge in [-0.25, -0.2) is 4.39 Å². The van der Waals surface area contributed by atoms with E-state index in [-0.39, 0.29) is 5.56 Å². The third kappa shape index (κ3) is 3.93. The summed E-state index contributed by atoms with van der Waals surface area (Å²) in [5.74, 6) is -0.906. The van der Waals surface area contributed by atoms with Crippen molar-refractivity contribution in [1.82, 2.24) is 0 Å². The van der Waals surface area contributed by atoms with Crippen LogP contribution in [0, 0.1) is 5.82 Å². The van der Waals surface area contributed by atoms with E-state index in [4.69, 9.17) is 0 Å². The van der Waals surface area contributed by atoms with Crippen LogP contribution in [0.3, 0.4) is 0 Å². The molecule has 0 saturated heterocycles. The first-order chi connectivity index (χ1) is 12.0. The van der Waals surface area contributed by atoms with Crippen molar-refractivity contribution in [3.8, 4) is 11.1 Å². The third-order valence-corrected chi connectivity index (χ3v) is 4.40. The molecule has 0 radical (unpaired) electrons. The van der Waals surface area contributed by atoms with Crippen molar-refractivity contribution in [2.24, 2.45) is 0 Å². The van der Waals surface area contributed by atoms with Crippen LogP contribution in [0.5, 0.6) is 0 Å². The lowest BCUT2D eigenvalue weighted by Crippen LogP contribution is -2.30. The van der Waals surface area contributed by atoms with Crippen LogP contribution >= 0.6 is 0 Å². The fraction of sp³-hybridized carbons (Fsp3) is 0.368. The molecule has 0 bridgehead atoms. The van der Waals surface area contributed by atoms with E-state index < -0.39 is 23.2 Å². The Balaban J connectivity index is 1.84. The van der Waals surface area contributed by atoms with Crippen LogP contribution < -0.4 is 10.2 Å². The van der Waals surface area contributed by atoms with Gasteiger partial charge < -0.3 is 15.3 Å². The summed E-state index contributed by atoms with van der Waals surface area (Å²) in [5.41, 5.74) is 0.564. The van der Waals surface area contributed by atoms with Crippen molar-refractivity contribution in [3.63, 3.8) is 0 Å². The van der Waals surface area contributed by atoms with Gasteiger partial charge >= 0.3 is 6.18 Å². The molecule has 1 heterocycles. The number of aliphatic hydroxyl groups is 1. The molecule has 0 fully saturated rings. The maximum atomic E-state index is 14.2. The lowest BCUT2D eigenvalue weighted by Gasteiger charge is -2.23. The smallest absolute Gasteiger partial charge is 0.390 e. The average Bonchev–Trinajstić information content (AvgIpc) is 2.93. The summed E-state index contributed by atoms with van der Waals surface area (Å²) < 4.78 is 52.2. The summed E-state index contributed by atoms with van der Waals surface area (Å²) in [7, 11) is 0. The summed E-state index contributed by atoms with van der Waals surface area (Å²) >= 11 is 0. The zero-order chi connectivity index (χ0) is 19.1. The van der Waals surface area contributed by atoms with Crippen molar-refractivity contribution in [2.45, 2.75) is 32.0 Å². The second-order valence-corrected chi connectivity index (χ2v) is 7.09. The highest BCUT2D eigenvalue weighted by atomic mass is 19.4. The molecule has 0 atom stereocenters. The standard InChI is InChI=1S/C19H20F4N2O/c1-18(2,26)7-8-25-11-24-16-9-12(3-6-17(16)25)14-5-4-13(10-15(14)20)19(21,22)23/h3-6,9-10,24,26H,7-8,11H2,1-2H3. The molecular formula is C19H20F4N2O. The highest BCUT2D eigenvalue weighted by Crippen LogP contribution is 2.37.